The number of Topliss-reactive ketones (excluding diaryl/α,β-unsaturated/α-hetero) is 1. The number of nitrogens with zero attached hydrogens (tertiary/aromatic N) is 2. The van der Waals surface area contributed by atoms with Crippen LogP contribution < -0.4 is 0 Å². The third-order valence-electron chi connectivity index (χ3n) is 3.90. The van der Waals surface area contributed by atoms with Gasteiger partial charge in [-0.1, -0.05) is 28.1 Å². The van der Waals surface area contributed by atoms with E-state index in [-0.39, 0.29) is 18.7 Å². The number of likely N-dealkylation sites (tertiary alicyclic amines) is 1. The molecule has 1 saturated heterocycles. The number of carbonyl (C=O) groups is 3. The van der Waals surface area contributed by atoms with Crippen LogP contribution in [0.15, 0.2) is 28.7 Å². The van der Waals surface area contributed by atoms with Gasteiger partial charge in [0.15, 0.2) is 12.4 Å². The van der Waals surface area contributed by atoms with Gasteiger partial charge in [-0.05, 0) is 39.3 Å². The number of amides is 1. The van der Waals surface area contributed by atoms with E-state index >= 15 is 0 Å². The normalized spacial score (nSPS) is 19.3. The molecule has 1 aromatic rings. The maximum atomic E-state index is 12.4. The second kappa shape index (κ2) is 8.53. The number of rotatable bonds is 4. The van der Waals surface area contributed by atoms with E-state index < -0.39 is 36.2 Å². The first-order valence-electron chi connectivity index (χ1n) is 8.45. The van der Waals surface area contributed by atoms with Crippen molar-refractivity contribution in [1.82, 2.24) is 4.90 Å². The summed E-state index contributed by atoms with van der Waals surface area (Å²) in [5, 5.41) is 9.15. The van der Waals surface area contributed by atoms with Crippen molar-refractivity contribution in [1.29, 1.82) is 5.26 Å². The monoisotopic (exact) mass is 436 g/mol. The van der Waals surface area contributed by atoms with E-state index in [0.29, 0.717) is 5.56 Å². The van der Waals surface area contributed by atoms with Crippen LogP contribution in [0, 0.1) is 17.2 Å². The SMILES string of the molecule is CC(C)(C)OC(=O)N1C[C@@H](C#N)C[C@H]1C(=O)OCC(=O)c1ccc(Br)cc1. The molecule has 1 amide bonds. The molecule has 1 heterocycles. The molecule has 0 N–H and O–H groups in total. The average Bonchev–Trinajstić information content (AvgIpc) is 3.03. The van der Waals surface area contributed by atoms with Crippen molar-refractivity contribution in [2.75, 3.05) is 13.2 Å². The molecular weight excluding hydrogens is 416 g/mol. The van der Waals surface area contributed by atoms with Gasteiger partial charge in [-0.15, -0.1) is 0 Å². The van der Waals surface area contributed by atoms with E-state index in [0.717, 1.165) is 4.47 Å². The molecule has 7 nitrogen and oxygen atoms in total. The number of benzene rings is 1. The largest absolute Gasteiger partial charge is 0.456 e. The van der Waals surface area contributed by atoms with Crippen LogP contribution in [0.3, 0.4) is 0 Å². The van der Waals surface area contributed by atoms with Crippen molar-refractivity contribution >= 4 is 33.8 Å². The Balaban J connectivity index is 2.01. The highest BCUT2D eigenvalue weighted by Gasteiger charge is 2.42. The van der Waals surface area contributed by atoms with Crippen LogP contribution >= 0.6 is 15.9 Å². The van der Waals surface area contributed by atoms with Crippen molar-refractivity contribution in [3.63, 3.8) is 0 Å². The zero-order chi connectivity index (χ0) is 20.2. The number of esters is 1. The highest BCUT2D eigenvalue weighted by atomic mass is 79.9. The minimum Gasteiger partial charge on any atom is -0.456 e. The van der Waals surface area contributed by atoms with Gasteiger partial charge in [0.25, 0.3) is 0 Å². The summed E-state index contributed by atoms with van der Waals surface area (Å²) in [5.41, 5.74) is -0.315. The van der Waals surface area contributed by atoms with Crippen molar-refractivity contribution < 1.29 is 23.9 Å². The minimum atomic E-state index is -0.942. The number of nitriles is 1. The highest BCUT2D eigenvalue weighted by molar-refractivity contribution is 9.10. The summed E-state index contributed by atoms with van der Waals surface area (Å²) in [6, 6.07) is 7.79. The Labute approximate surface area is 166 Å². The average molecular weight is 437 g/mol. The van der Waals surface area contributed by atoms with Crippen LogP contribution in [-0.4, -0.2) is 47.5 Å². The summed E-state index contributed by atoms with van der Waals surface area (Å²) in [4.78, 5) is 38.1. The quantitative estimate of drug-likeness (QED) is 0.530. The molecule has 2 atom stereocenters. The first-order valence-corrected chi connectivity index (χ1v) is 9.24. The molecule has 0 spiro atoms. The number of hydrogen-bond acceptors (Lipinski definition) is 6. The van der Waals surface area contributed by atoms with Crippen LogP contribution in [0.4, 0.5) is 4.79 Å². The standard InChI is InChI=1S/C19H21BrN2O5/c1-19(2,3)27-18(25)22-10-12(9-21)8-15(22)17(24)26-11-16(23)13-4-6-14(20)7-5-13/h4-7,12,15H,8,10-11H2,1-3H3/t12-,15+/m1/s1. The van der Waals surface area contributed by atoms with Gasteiger partial charge in [0.05, 0.1) is 12.0 Å². The molecule has 27 heavy (non-hydrogen) atoms. The predicted octanol–water partition coefficient (Wildman–Crippen LogP) is 3.32. The fourth-order valence-corrected chi connectivity index (χ4v) is 2.89. The van der Waals surface area contributed by atoms with Gasteiger partial charge in [-0.3, -0.25) is 9.69 Å². The van der Waals surface area contributed by atoms with Crippen molar-refractivity contribution in [3.8, 4) is 6.07 Å². The van der Waals surface area contributed by atoms with Crippen LogP contribution in [0.1, 0.15) is 37.6 Å². The number of ether oxygens (including phenoxy) is 2. The number of ketones is 1. The summed E-state index contributed by atoms with van der Waals surface area (Å²) in [5.74, 6) is -1.56. The Morgan fingerprint density at radius 3 is 2.44 bits per heavy atom. The Kier molecular flexibility index (Phi) is 6.60. The topological polar surface area (TPSA) is 96.7 Å². The highest BCUT2D eigenvalue weighted by Crippen LogP contribution is 2.26. The van der Waals surface area contributed by atoms with Crippen LogP contribution in [0.25, 0.3) is 0 Å². The molecule has 144 valence electrons. The number of hydrogen-bond donors (Lipinski definition) is 0. The molecule has 8 heteroatoms. The second-order valence-electron chi connectivity index (χ2n) is 7.25. The van der Waals surface area contributed by atoms with Gasteiger partial charge in [-0.2, -0.15) is 5.26 Å². The van der Waals surface area contributed by atoms with E-state index in [2.05, 4.69) is 22.0 Å². The summed E-state index contributed by atoms with van der Waals surface area (Å²) < 4.78 is 11.2. The molecule has 1 aliphatic heterocycles. The molecule has 1 aliphatic rings. The summed E-state index contributed by atoms with van der Waals surface area (Å²) in [6.07, 6.45) is -0.525. The van der Waals surface area contributed by atoms with Gasteiger partial charge in [0, 0.05) is 16.6 Å². The van der Waals surface area contributed by atoms with E-state index in [1.165, 1.54) is 4.90 Å². The summed E-state index contributed by atoms with van der Waals surface area (Å²) in [6.45, 7) is 4.80. The first-order chi connectivity index (χ1) is 12.6. The zero-order valence-electron chi connectivity index (χ0n) is 15.4. The lowest BCUT2D eigenvalue weighted by Crippen LogP contribution is -2.44. The van der Waals surface area contributed by atoms with Gasteiger partial charge in [-0.25, -0.2) is 9.59 Å². The van der Waals surface area contributed by atoms with Gasteiger partial charge >= 0.3 is 12.1 Å². The third kappa shape index (κ3) is 5.79. The van der Waals surface area contributed by atoms with Crippen LogP contribution in [0.2, 0.25) is 0 Å². The lowest BCUT2D eigenvalue weighted by molar-refractivity contribution is -0.147. The summed E-state index contributed by atoms with van der Waals surface area (Å²) >= 11 is 3.28. The van der Waals surface area contributed by atoms with E-state index in [4.69, 9.17) is 14.7 Å². The first kappa shape index (κ1) is 20.9. The van der Waals surface area contributed by atoms with Crippen LogP contribution in [0.5, 0.6) is 0 Å². The van der Waals surface area contributed by atoms with Crippen LogP contribution in [-0.2, 0) is 14.3 Å². The van der Waals surface area contributed by atoms with Gasteiger partial charge in [0.2, 0.25) is 0 Å². The second-order valence-corrected chi connectivity index (χ2v) is 8.16. The Morgan fingerprint density at radius 2 is 1.89 bits per heavy atom. The Hall–Kier alpha value is -2.40. The van der Waals surface area contributed by atoms with Crippen molar-refractivity contribution in [2.24, 2.45) is 5.92 Å². The molecule has 1 aromatic carbocycles. The fourth-order valence-electron chi connectivity index (χ4n) is 2.63. The molecule has 2 rings (SSSR count). The lowest BCUT2D eigenvalue weighted by Gasteiger charge is -2.27. The van der Waals surface area contributed by atoms with E-state index in [1.807, 2.05) is 0 Å². The minimum absolute atomic E-state index is 0.0891. The number of halogens is 1. The molecule has 0 saturated carbocycles. The zero-order valence-corrected chi connectivity index (χ0v) is 17.0. The maximum absolute atomic E-state index is 12.4. The maximum Gasteiger partial charge on any atom is 0.411 e. The number of carbonyl (C=O) groups excluding carboxylic acids is 3. The lowest BCUT2D eigenvalue weighted by atomic mass is 10.1. The molecule has 0 aromatic heterocycles. The predicted molar refractivity (Wildman–Crippen MR) is 99.9 cm³/mol. The van der Waals surface area contributed by atoms with E-state index in [1.54, 1.807) is 45.0 Å². The van der Waals surface area contributed by atoms with Crippen molar-refractivity contribution in [2.45, 2.75) is 38.8 Å². The van der Waals surface area contributed by atoms with Crippen molar-refractivity contribution in [3.05, 3.63) is 34.3 Å². The molecule has 1 fully saturated rings. The molecule has 0 unspecified atom stereocenters. The Bertz CT molecular complexity index is 764. The van der Waals surface area contributed by atoms with Gasteiger partial charge < -0.3 is 9.47 Å². The molecule has 0 radical (unpaired) electrons. The van der Waals surface area contributed by atoms with E-state index in [9.17, 15) is 14.4 Å². The van der Waals surface area contributed by atoms with Gasteiger partial charge in [0.1, 0.15) is 11.6 Å². The smallest absolute Gasteiger partial charge is 0.411 e. The third-order valence-corrected chi connectivity index (χ3v) is 4.42. The molecule has 0 bridgehead atoms. The summed E-state index contributed by atoms with van der Waals surface area (Å²) in [7, 11) is 0. The fraction of sp³-hybridized carbons (Fsp3) is 0.474. The Morgan fingerprint density at radius 1 is 1.26 bits per heavy atom. The molecular formula is C19H21BrN2O5. The molecule has 0 aliphatic carbocycles.